The van der Waals surface area contributed by atoms with Crippen LogP contribution >= 0.6 is 0 Å². The highest BCUT2D eigenvalue weighted by Gasteiger charge is 2.52. The van der Waals surface area contributed by atoms with E-state index in [9.17, 15) is 0 Å². The third kappa shape index (κ3) is 4.55. The third-order valence-electron chi connectivity index (χ3n) is 11.1. The minimum Gasteiger partial charge on any atom is -0.457 e. The molecule has 0 saturated carbocycles. The van der Waals surface area contributed by atoms with Gasteiger partial charge in [0.25, 0.3) is 0 Å². The minimum absolute atomic E-state index is 0.572. The van der Waals surface area contributed by atoms with E-state index in [1.807, 2.05) is 6.07 Å². The molecule has 3 heteroatoms. The van der Waals surface area contributed by atoms with Crippen LogP contribution in [0.3, 0.4) is 0 Å². The molecule has 1 spiro atoms. The molecule has 11 rings (SSSR count). The first-order valence-corrected chi connectivity index (χ1v) is 18.4. The topological polar surface area (TPSA) is 35.0 Å². The van der Waals surface area contributed by atoms with Crippen molar-refractivity contribution in [1.82, 2.24) is 9.97 Å². The first-order chi connectivity index (χ1) is 26.8. The lowest BCUT2D eigenvalue weighted by Gasteiger charge is -2.40. The number of nitrogens with zero attached hydrogens (tertiary/aromatic N) is 2. The number of benzene rings is 8. The van der Waals surface area contributed by atoms with Gasteiger partial charge in [-0.3, -0.25) is 0 Å². The number of rotatable bonds is 4. The van der Waals surface area contributed by atoms with Crippen LogP contribution in [0.1, 0.15) is 22.3 Å². The molecule has 0 atom stereocenters. The molecular formula is C51H32N2O. The van der Waals surface area contributed by atoms with Crippen LogP contribution in [0.4, 0.5) is 0 Å². The van der Waals surface area contributed by atoms with E-state index in [4.69, 9.17) is 14.7 Å². The van der Waals surface area contributed by atoms with Crippen molar-refractivity contribution in [1.29, 1.82) is 0 Å². The largest absolute Gasteiger partial charge is 0.457 e. The highest BCUT2D eigenvalue weighted by atomic mass is 16.5. The van der Waals surface area contributed by atoms with E-state index >= 15 is 0 Å². The Bertz CT molecular complexity index is 2880. The van der Waals surface area contributed by atoms with Gasteiger partial charge in [-0.05, 0) is 74.5 Å². The highest BCUT2D eigenvalue weighted by molar-refractivity contribution is 5.92. The smallest absolute Gasteiger partial charge is 0.160 e. The zero-order chi connectivity index (χ0) is 35.6. The van der Waals surface area contributed by atoms with E-state index in [0.29, 0.717) is 5.82 Å². The van der Waals surface area contributed by atoms with Gasteiger partial charge >= 0.3 is 0 Å². The molecule has 8 aromatic carbocycles. The maximum atomic E-state index is 6.81. The fourth-order valence-corrected chi connectivity index (χ4v) is 8.81. The van der Waals surface area contributed by atoms with Crippen LogP contribution in [-0.2, 0) is 5.41 Å². The minimum atomic E-state index is -0.572. The van der Waals surface area contributed by atoms with Crippen molar-refractivity contribution in [2.24, 2.45) is 0 Å². The molecule has 9 aromatic rings. The first kappa shape index (κ1) is 30.5. The fourth-order valence-electron chi connectivity index (χ4n) is 8.81. The van der Waals surface area contributed by atoms with Crippen molar-refractivity contribution in [3.63, 3.8) is 0 Å². The van der Waals surface area contributed by atoms with Crippen LogP contribution in [-0.4, -0.2) is 9.97 Å². The zero-order valence-corrected chi connectivity index (χ0v) is 29.3. The molecule has 2 aliphatic rings. The molecule has 0 unspecified atom stereocenters. The molecular weight excluding hydrogens is 657 g/mol. The van der Waals surface area contributed by atoms with Crippen LogP contribution in [0.5, 0.6) is 11.5 Å². The summed E-state index contributed by atoms with van der Waals surface area (Å²) < 4.78 is 6.81. The summed E-state index contributed by atoms with van der Waals surface area (Å²) in [5.74, 6) is 2.43. The van der Waals surface area contributed by atoms with Gasteiger partial charge in [-0.15, -0.1) is 0 Å². The van der Waals surface area contributed by atoms with Gasteiger partial charge in [-0.25, -0.2) is 9.97 Å². The Morgan fingerprint density at radius 1 is 0.352 bits per heavy atom. The number of para-hydroxylation sites is 1. The molecule has 54 heavy (non-hydrogen) atoms. The second-order valence-electron chi connectivity index (χ2n) is 14.1. The molecule has 0 N–H and O–H groups in total. The van der Waals surface area contributed by atoms with Gasteiger partial charge in [0.15, 0.2) is 5.82 Å². The van der Waals surface area contributed by atoms with E-state index in [0.717, 1.165) is 61.8 Å². The Morgan fingerprint density at radius 2 is 0.926 bits per heavy atom. The van der Waals surface area contributed by atoms with Crippen molar-refractivity contribution >= 4 is 10.8 Å². The number of ether oxygens (including phenoxy) is 1. The van der Waals surface area contributed by atoms with E-state index in [1.54, 1.807) is 0 Å². The molecule has 0 saturated heterocycles. The van der Waals surface area contributed by atoms with E-state index in [2.05, 4.69) is 188 Å². The Hall–Kier alpha value is -7.10. The summed E-state index contributed by atoms with van der Waals surface area (Å²) in [5, 5.41) is 2.38. The quantitative estimate of drug-likeness (QED) is 0.185. The summed E-state index contributed by atoms with van der Waals surface area (Å²) in [6.45, 7) is 0. The standard InChI is InChI=1S/C51H32N2O/c1-2-15-34(16-3-1)45-32-46(37-29-28-33-14-4-5-17-35(33)30-37)53-50(52-45)38-19-12-18-36(31-38)39-22-13-27-48-49(39)51(44-25-10-11-26-47(44)54-48)42-23-8-6-20-40(42)41-21-7-9-24-43(41)51/h1-32H. The average Bonchev–Trinajstić information content (AvgIpc) is 3.54. The molecule has 0 bridgehead atoms. The predicted octanol–water partition coefficient (Wildman–Crippen LogP) is 12.8. The highest BCUT2D eigenvalue weighted by Crippen LogP contribution is 2.63. The maximum absolute atomic E-state index is 6.81. The molecule has 1 aliphatic carbocycles. The Morgan fingerprint density at radius 3 is 1.72 bits per heavy atom. The van der Waals surface area contributed by atoms with E-state index < -0.39 is 5.41 Å². The summed E-state index contributed by atoms with van der Waals surface area (Å²) >= 11 is 0. The Kier molecular flexibility index (Phi) is 6.77. The van der Waals surface area contributed by atoms with Crippen LogP contribution in [0.15, 0.2) is 194 Å². The molecule has 252 valence electrons. The van der Waals surface area contributed by atoms with E-state index in [1.165, 1.54) is 33.0 Å². The van der Waals surface area contributed by atoms with Gasteiger partial charge in [0.2, 0.25) is 0 Å². The third-order valence-corrected chi connectivity index (χ3v) is 11.1. The van der Waals surface area contributed by atoms with Gasteiger partial charge < -0.3 is 4.74 Å². The molecule has 2 heterocycles. The molecule has 1 aromatic heterocycles. The maximum Gasteiger partial charge on any atom is 0.160 e. The second kappa shape index (κ2) is 12.0. The summed E-state index contributed by atoms with van der Waals surface area (Å²) in [4.78, 5) is 10.5. The number of aromatic nitrogens is 2. The number of fused-ring (bicyclic) bond motifs is 10. The number of hydrogen-bond acceptors (Lipinski definition) is 3. The van der Waals surface area contributed by atoms with E-state index in [-0.39, 0.29) is 0 Å². The molecule has 0 radical (unpaired) electrons. The summed E-state index contributed by atoms with van der Waals surface area (Å²) in [5.41, 5.74) is 13.8. The molecule has 0 amide bonds. The molecule has 0 fully saturated rings. The summed E-state index contributed by atoms with van der Waals surface area (Å²) in [6, 6.07) is 68.9. The van der Waals surface area contributed by atoms with Gasteiger partial charge in [-0.1, -0.05) is 164 Å². The van der Waals surface area contributed by atoms with Crippen molar-refractivity contribution in [3.8, 4) is 67.7 Å². The second-order valence-corrected chi connectivity index (χ2v) is 14.1. The van der Waals surface area contributed by atoms with Crippen molar-refractivity contribution in [2.45, 2.75) is 5.41 Å². The molecule has 3 nitrogen and oxygen atoms in total. The predicted molar refractivity (Wildman–Crippen MR) is 219 cm³/mol. The summed E-state index contributed by atoms with van der Waals surface area (Å²) in [7, 11) is 0. The van der Waals surface area contributed by atoms with Crippen LogP contribution in [0.25, 0.3) is 66.9 Å². The lowest BCUT2D eigenvalue weighted by atomic mass is 9.64. The van der Waals surface area contributed by atoms with Crippen LogP contribution < -0.4 is 4.74 Å². The zero-order valence-electron chi connectivity index (χ0n) is 29.3. The Labute approximate surface area is 313 Å². The van der Waals surface area contributed by atoms with Gasteiger partial charge in [-0.2, -0.15) is 0 Å². The first-order valence-electron chi connectivity index (χ1n) is 18.4. The van der Waals surface area contributed by atoms with Gasteiger partial charge in [0.1, 0.15) is 11.5 Å². The van der Waals surface area contributed by atoms with Crippen LogP contribution in [0, 0.1) is 0 Å². The molecule has 1 aliphatic heterocycles. The Balaban J connectivity index is 1.13. The lowest BCUT2D eigenvalue weighted by Crippen LogP contribution is -2.32. The monoisotopic (exact) mass is 688 g/mol. The van der Waals surface area contributed by atoms with Gasteiger partial charge in [0.05, 0.1) is 16.8 Å². The lowest BCUT2D eigenvalue weighted by molar-refractivity contribution is 0.437. The van der Waals surface area contributed by atoms with Gasteiger partial charge in [0, 0.05) is 27.8 Å². The number of hydrogen-bond donors (Lipinski definition) is 0. The normalized spacial score (nSPS) is 13.1. The average molecular weight is 689 g/mol. The van der Waals surface area contributed by atoms with Crippen LogP contribution in [0.2, 0.25) is 0 Å². The fraction of sp³-hybridized carbons (Fsp3) is 0.0196. The van der Waals surface area contributed by atoms with Crippen molar-refractivity contribution in [2.75, 3.05) is 0 Å². The van der Waals surface area contributed by atoms with Crippen molar-refractivity contribution in [3.05, 3.63) is 216 Å². The van der Waals surface area contributed by atoms with Crippen molar-refractivity contribution < 1.29 is 4.74 Å². The SMILES string of the molecule is c1ccc(-c2cc(-c3ccc4ccccc4c3)nc(-c3cccc(-c4cccc5c4C4(c6ccccc6O5)c5ccccc5-c5ccccc54)c3)n2)cc1. The summed E-state index contributed by atoms with van der Waals surface area (Å²) in [6.07, 6.45) is 0.